The maximum absolute atomic E-state index is 12.9. The molecular formula is C25H27N3O3. The van der Waals surface area contributed by atoms with Gasteiger partial charge >= 0.3 is 6.09 Å². The fourth-order valence-electron chi connectivity index (χ4n) is 4.14. The van der Waals surface area contributed by atoms with E-state index in [4.69, 9.17) is 10.5 Å². The first-order chi connectivity index (χ1) is 15.1. The van der Waals surface area contributed by atoms with Gasteiger partial charge in [-0.2, -0.15) is 0 Å². The molecule has 0 aliphatic carbocycles. The molecule has 0 spiro atoms. The summed E-state index contributed by atoms with van der Waals surface area (Å²) in [6.07, 6.45) is 5.26. The van der Waals surface area contributed by atoms with Crippen LogP contribution in [0.25, 0.3) is 0 Å². The number of allylic oxidation sites excluding steroid dienone is 2. The summed E-state index contributed by atoms with van der Waals surface area (Å²) in [5.74, 6) is -0.0599. The van der Waals surface area contributed by atoms with Crippen LogP contribution in [0.3, 0.4) is 0 Å². The largest absolute Gasteiger partial charge is 0.430 e. The third-order valence-electron chi connectivity index (χ3n) is 5.65. The Labute approximate surface area is 182 Å². The number of anilines is 1. The Balaban J connectivity index is 1.57. The minimum absolute atomic E-state index is 0.0599. The average molecular weight is 418 g/mol. The Morgan fingerprint density at radius 1 is 1.16 bits per heavy atom. The van der Waals surface area contributed by atoms with Crippen molar-refractivity contribution in [2.45, 2.75) is 38.3 Å². The van der Waals surface area contributed by atoms with Crippen molar-refractivity contribution in [3.63, 3.8) is 0 Å². The first kappa shape index (κ1) is 20.9. The van der Waals surface area contributed by atoms with Crippen molar-refractivity contribution in [2.75, 3.05) is 11.4 Å². The average Bonchev–Trinajstić information content (AvgIpc) is 3.10. The quantitative estimate of drug-likeness (QED) is 0.537. The smallest absolute Gasteiger partial charge is 0.420 e. The predicted molar refractivity (Wildman–Crippen MR) is 120 cm³/mol. The van der Waals surface area contributed by atoms with Crippen LogP contribution in [0.15, 0.2) is 78.3 Å². The number of rotatable bonds is 7. The van der Waals surface area contributed by atoms with Crippen molar-refractivity contribution >= 4 is 18.1 Å². The zero-order valence-electron chi connectivity index (χ0n) is 17.6. The van der Waals surface area contributed by atoms with Gasteiger partial charge in [0.05, 0.1) is 5.70 Å². The number of carbonyl (C=O) groups excluding carboxylic acids is 2. The lowest BCUT2D eigenvalue weighted by atomic mass is 9.95. The number of ether oxygens (including phenoxy) is 1. The summed E-state index contributed by atoms with van der Waals surface area (Å²) in [4.78, 5) is 28.2. The number of hydrogen-bond donors (Lipinski definition) is 1. The van der Waals surface area contributed by atoms with E-state index in [1.165, 1.54) is 4.90 Å². The summed E-state index contributed by atoms with van der Waals surface area (Å²) in [5, 5.41) is 0. The summed E-state index contributed by atoms with van der Waals surface area (Å²) in [7, 11) is 0. The molecule has 0 bridgehead atoms. The standard InChI is InChI=1S/C25H27N3O3/c1-2-3-13-27-22-12-8-7-11-20(22)21-15-19(17-29)28(16-23(21)27)25(30)31-24(26)14-18-9-5-4-6-10-18/h4-12,15-17,21,24H,2-3,13-14,26H2,1H3/t21?,24-/m1/s1. The molecule has 4 rings (SSSR count). The second-order valence-electron chi connectivity index (χ2n) is 7.79. The summed E-state index contributed by atoms with van der Waals surface area (Å²) in [6, 6.07) is 17.8. The maximum atomic E-state index is 12.9. The Morgan fingerprint density at radius 3 is 2.65 bits per heavy atom. The minimum Gasteiger partial charge on any atom is -0.430 e. The lowest BCUT2D eigenvalue weighted by Gasteiger charge is -2.30. The van der Waals surface area contributed by atoms with E-state index in [9.17, 15) is 9.59 Å². The zero-order valence-corrected chi connectivity index (χ0v) is 17.6. The fraction of sp³-hybridized carbons (Fsp3) is 0.280. The molecule has 2 N–H and O–H groups in total. The number of aldehydes is 1. The van der Waals surface area contributed by atoms with E-state index in [0.29, 0.717) is 12.7 Å². The van der Waals surface area contributed by atoms with Crippen molar-refractivity contribution in [2.24, 2.45) is 5.73 Å². The predicted octanol–water partition coefficient (Wildman–Crippen LogP) is 4.29. The number of amides is 1. The molecule has 2 aliphatic rings. The highest BCUT2D eigenvalue weighted by Crippen LogP contribution is 2.46. The normalized spacial score (nSPS) is 17.9. The van der Waals surface area contributed by atoms with Gasteiger partial charge in [0.25, 0.3) is 0 Å². The second kappa shape index (κ2) is 9.18. The van der Waals surface area contributed by atoms with E-state index < -0.39 is 12.3 Å². The molecule has 6 nitrogen and oxygen atoms in total. The Bertz CT molecular complexity index is 1020. The maximum Gasteiger partial charge on any atom is 0.420 e. The van der Waals surface area contributed by atoms with Crippen LogP contribution < -0.4 is 10.6 Å². The summed E-state index contributed by atoms with van der Waals surface area (Å²) >= 11 is 0. The number of nitrogens with two attached hydrogens (primary N) is 1. The van der Waals surface area contributed by atoms with Gasteiger partial charge in [0, 0.05) is 36.5 Å². The van der Waals surface area contributed by atoms with Crippen molar-refractivity contribution in [3.05, 3.63) is 89.4 Å². The van der Waals surface area contributed by atoms with Gasteiger partial charge in [0.2, 0.25) is 0 Å². The molecule has 2 aromatic carbocycles. The molecule has 6 heteroatoms. The first-order valence-electron chi connectivity index (χ1n) is 10.7. The van der Waals surface area contributed by atoms with Crippen LogP contribution in [-0.4, -0.2) is 30.1 Å². The molecule has 1 unspecified atom stereocenters. The van der Waals surface area contributed by atoms with Gasteiger partial charge in [-0.25, -0.2) is 9.69 Å². The van der Waals surface area contributed by atoms with E-state index >= 15 is 0 Å². The number of hydrogen-bond acceptors (Lipinski definition) is 5. The minimum atomic E-state index is -0.809. The monoisotopic (exact) mass is 417 g/mol. The number of fused-ring (bicyclic) bond motifs is 3. The molecule has 2 aromatic rings. The second-order valence-corrected chi connectivity index (χ2v) is 7.79. The molecule has 0 aromatic heterocycles. The Morgan fingerprint density at radius 2 is 1.90 bits per heavy atom. The number of benzene rings is 2. The van der Waals surface area contributed by atoms with Crippen LogP contribution in [0.5, 0.6) is 0 Å². The van der Waals surface area contributed by atoms with Gasteiger partial charge in [0.1, 0.15) is 0 Å². The number of carbonyl (C=O) groups is 2. The van der Waals surface area contributed by atoms with E-state index in [1.54, 1.807) is 6.20 Å². The molecule has 1 amide bonds. The van der Waals surface area contributed by atoms with Gasteiger partial charge in [0.15, 0.2) is 12.5 Å². The summed E-state index contributed by atoms with van der Waals surface area (Å²) < 4.78 is 5.47. The Hall–Kier alpha value is -3.38. The van der Waals surface area contributed by atoms with Crippen molar-refractivity contribution < 1.29 is 14.3 Å². The molecule has 0 radical (unpaired) electrons. The highest BCUT2D eigenvalue weighted by atomic mass is 16.6. The van der Waals surface area contributed by atoms with Gasteiger partial charge in [-0.3, -0.25) is 10.5 Å². The van der Waals surface area contributed by atoms with Crippen molar-refractivity contribution in [1.29, 1.82) is 0 Å². The van der Waals surface area contributed by atoms with Crippen LogP contribution in [0.4, 0.5) is 10.5 Å². The summed E-state index contributed by atoms with van der Waals surface area (Å²) in [5.41, 5.74) is 10.5. The fourth-order valence-corrected chi connectivity index (χ4v) is 4.14. The van der Waals surface area contributed by atoms with Crippen LogP contribution in [0.1, 0.15) is 36.8 Å². The SMILES string of the molecule is CCCCN1C2=CN(C(=O)O[C@@H](N)Cc3ccccc3)C(C=O)=CC2c2ccccc21. The summed E-state index contributed by atoms with van der Waals surface area (Å²) in [6.45, 7) is 2.99. The van der Waals surface area contributed by atoms with Gasteiger partial charge < -0.3 is 9.64 Å². The number of nitrogens with zero attached hydrogens (tertiary/aromatic N) is 2. The third-order valence-corrected chi connectivity index (χ3v) is 5.65. The highest BCUT2D eigenvalue weighted by Gasteiger charge is 2.37. The molecular weight excluding hydrogens is 390 g/mol. The molecule has 0 fully saturated rings. The zero-order chi connectivity index (χ0) is 21.8. The molecule has 0 saturated heterocycles. The van der Waals surface area contributed by atoms with Crippen molar-refractivity contribution in [1.82, 2.24) is 4.90 Å². The number of para-hydroxylation sites is 1. The van der Waals surface area contributed by atoms with Crippen LogP contribution in [0.2, 0.25) is 0 Å². The van der Waals surface area contributed by atoms with E-state index in [-0.39, 0.29) is 11.6 Å². The van der Waals surface area contributed by atoms with Crippen LogP contribution >= 0.6 is 0 Å². The van der Waals surface area contributed by atoms with Crippen molar-refractivity contribution in [3.8, 4) is 0 Å². The van der Waals surface area contributed by atoms with Crippen LogP contribution in [0, 0.1) is 0 Å². The van der Waals surface area contributed by atoms with Gasteiger partial charge in [-0.1, -0.05) is 61.9 Å². The van der Waals surface area contributed by atoms with E-state index in [0.717, 1.165) is 41.9 Å². The van der Waals surface area contributed by atoms with Crippen LogP contribution in [-0.2, 0) is 16.0 Å². The topological polar surface area (TPSA) is 75.9 Å². The highest BCUT2D eigenvalue weighted by molar-refractivity contribution is 5.86. The third kappa shape index (κ3) is 4.25. The van der Waals surface area contributed by atoms with Gasteiger partial charge in [-0.05, 0) is 29.7 Å². The first-order valence-corrected chi connectivity index (χ1v) is 10.7. The van der Waals surface area contributed by atoms with E-state index in [2.05, 4.69) is 24.0 Å². The molecule has 2 aliphatic heterocycles. The van der Waals surface area contributed by atoms with E-state index in [1.807, 2.05) is 48.5 Å². The Kier molecular flexibility index (Phi) is 6.18. The molecule has 31 heavy (non-hydrogen) atoms. The molecule has 2 heterocycles. The number of unbranched alkanes of at least 4 members (excludes halogenated alkanes) is 1. The molecule has 0 saturated carbocycles. The lowest BCUT2D eigenvalue weighted by molar-refractivity contribution is -0.106. The van der Waals surface area contributed by atoms with Gasteiger partial charge in [-0.15, -0.1) is 0 Å². The lowest BCUT2D eigenvalue weighted by Crippen LogP contribution is -2.38. The molecule has 2 atom stereocenters. The molecule has 160 valence electrons.